The van der Waals surface area contributed by atoms with Crippen molar-refractivity contribution in [2.75, 3.05) is 13.6 Å². The molecule has 2 aromatic carbocycles. The quantitative estimate of drug-likeness (QED) is 0.235. The van der Waals surface area contributed by atoms with E-state index in [1.807, 2.05) is 32.3 Å². The van der Waals surface area contributed by atoms with Crippen molar-refractivity contribution in [2.45, 2.75) is 46.4 Å². The van der Waals surface area contributed by atoms with Crippen LogP contribution in [-0.4, -0.2) is 35.2 Å². The summed E-state index contributed by atoms with van der Waals surface area (Å²) >= 11 is 0. The molecule has 3 rings (SSSR count). The van der Waals surface area contributed by atoms with Crippen LogP contribution in [0.4, 0.5) is 0 Å². The van der Waals surface area contributed by atoms with Gasteiger partial charge in [-0.25, -0.2) is 4.98 Å². The molecule has 172 valence electrons. The maximum atomic E-state index is 5.97. The molecule has 0 fully saturated rings. The van der Waals surface area contributed by atoms with Crippen LogP contribution in [0.3, 0.4) is 0 Å². The number of aromatic nitrogens is 2. The predicted octanol–water partition coefficient (Wildman–Crippen LogP) is 4.55. The Balaban J connectivity index is 0.00000363. The Hall–Kier alpha value is -2.55. The van der Waals surface area contributed by atoms with E-state index in [0.29, 0.717) is 6.54 Å². The van der Waals surface area contributed by atoms with Crippen molar-refractivity contribution in [1.82, 2.24) is 20.2 Å². The highest BCUT2D eigenvalue weighted by molar-refractivity contribution is 14.0. The molecule has 0 aliphatic rings. The molecule has 0 atom stereocenters. The monoisotopic (exact) mass is 547 g/mol. The van der Waals surface area contributed by atoms with E-state index in [-0.39, 0.29) is 30.1 Å². The molecule has 0 aliphatic carbocycles. The van der Waals surface area contributed by atoms with Gasteiger partial charge < -0.3 is 19.9 Å². The molecule has 2 N–H and O–H groups in total. The van der Waals surface area contributed by atoms with Crippen molar-refractivity contribution >= 4 is 29.9 Å². The number of rotatable bonds is 9. The average molecular weight is 547 g/mol. The Morgan fingerprint density at radius 1 is 1.12 bits per heavy atom. The lowest BCUT2D eigenvalue weighted by atomic mass is 10.1. The molecule has 32 heavy (non-hydrogen) atoms. The van der Waals surface area contributed by atoms with Crippen molar-refractivity contribution < 1.29 is 4.74 Å². The minimum Gasteiger partial charge on any atom is -0.491 e. The summed E-state index contributed by atoms with van der Waals surface area (Å²) in [6.07, 6.45) is 4.84. The fourth-order valence-corrected chi connectivity index (χ4v) is 3.36. The third kappa shape index (κ3) is 7.85. The first-order valence-electron chi connectivity index (χ1n) is 10.8. The molecule has 1 heterocycles. The first kappa shape index (κ1) is 25.7. The molecular weight excluding hydrogens is 513 g/mol. The lowest BCUT2D eigenvalue weighted by Crippen LogP contribution is -2.38. The summed E-state index contributed by atoms with van der Waals surface area (Å²) in [4.78, 5) is 8.87. The number of aryl methyl sites for hydroxylation is 1. The number of nitrogens with one attached hydrogen (secondary N) is 2. The zero-order valence-electron chi connectivity index (χ0n) is 19.3. The third-order valence-electron chi connectivity index (χ3n) is 4.89. The molecule has 0 saturated heterocycles. The molecule has 0 aliphatic heterocycles. The standard InChI is InChI=1S/C25H33N5O.HI/c1-19(2)31-23-16-20(3)10-11-22(23)17-29-25(26-4)28-13-12-24-27-14-15-30(24)18-21-8-6-5-7-9-21;/h5-11,14-16,19H,12-13,17-18H2,1-4H3,(H2,26,28,29);1H. The summed E-state index contributed by atoms with van der Waals surface area (Å²) in [5.74, 6) is 2.73. The molecule has 0 saturated carbocycles. The summed E-state index contributed by atoms with van der Waals surface area (Å²) < 4.78 is 8.16. The van der Waals surface area contributed by atoms with E-state index in [1.165, 1.54) is 11.1 Å². The van der Waals surface area contributed by atoms with Crippen molar-refractivity contribution in [2.24, 2.45) is 4.99 Å². The van der Waals surface area contributed by atoms with Crippen LogP contribution in [0.2, 0.25) is 0 Å². The number of ether oxygens (including phenoxy) is 1. The topological polar surface area (TPSA) is 63.5 Å². The molecular formula is C25H34IN5O. The molecule has 0 spiro atoms. The summed E-state index contributed by atoms with van der Waals surface area (Å²) in [5.41, 5.74) is 3.57. The van der Waals surface area contributed by atoms with Gasteiger partial charge in [0.25, 0.3) is 0 Å². The van der Waals surface area contributed by atoms with Gasteiger partial charge in [0.1, 0.15) is 11.6 Å². The van der Waals surface area contributed by atoms with Crippen molar-refractivity contribution in [1.29, 1.82) is 0 Å². The molecule has 0 unspecified atom stereocenters. The second-order valence-corrected chi connectivity index (χ2v) is 7.84. The average Bonchev–Trinajstić information content (AvgIpc) is 3.18. The van der Waals surface area contributed by atoms with Crippen LogP contribution in [-0.2, 0) is 19.5 Å². The molecule has 0 radical (unpaired) electrons. The first-order chi connectivity index (χ1) is 15.0. The van der Waals surface area contributed by atoms with Gasteiger partial charge in [-0.2, -0.15) is 0 Å². The number of hydrogen-bond donors (Lipinski definition) is 2. The van der Waals surface area contributed by atoms with Gasteiger partial charge in [0.05, 0.1) is 6.10 Å². The number of benzene rings is 2. The highest BCUT2D eigenvalue weighted by Gasteiger charge is 2.08. The Kier molecular flexibility index (Phi) is 10.5. The second-order valence-electron chi connectivity index (χ2n) is 7.84. The first-order valence-corrected chi connectivity index (χ1v) is 10.8. The number of halogens is 1. The molecule has 0 bridgehead atoms. The van der Waals surface area contributed by atoms with Crippen LogP contribution in [0.15, 0.2) is 65.9 Å². The van der Waals surface area contributed by atoms with Gasteiger partial charge in [-0.1, -0.05) is 42.5 Å². The van der Waals surface area contributed by atoms with E-state index in [9.17, 15) is 0 Å². The van der Waals surface area contributed by atoms with Crippen LogP contribution in [0.25, 0.3) is 0 Å². The molecule has 1 aromatic heterocycles. The Morgan fingerprint density at radius 2 is 1.91 bits per heavy atom. The van der Waals surface area contributed by atoms with Crippen LogP contribution in [0.1, 0.15) is 36.4 Å². The van der Waals surface area contributed by atoms with Gasteiger partial charge in [-0.3, -0.25) is 4.99 Å². The number of aliphatic imine (C=N–C) groups is 1. The molecule has 6 nitrogen and oxygen atoms in total. The lowest BCUT2D eigenvalue weighted by molar-refractivity contribution is 0.239. The largest absolute Gasteiger partial charge is 0.491 e. The van der Waals surface area contributed by atoms with E-state index in [2.05, 4.69) is 74.6 Å². The summed E-state index contributed by atoms with van der Waals surface area (Å²) in [7, 11) is 1.78. The van der Waals surface area contributed by atoms with Crippen LogP contribution >= 0.6 is 24.0 Å². The second kappa shape index (κ2) is 13.1. The number of hydrogen-bond acceptors (Lipinski definition) is 3. The number of nitrogens with zero attached hydrogens (tertiary/aromatic N) is 3. The van der Waals surface area contributed by atoms with Crippen molar-refractivity contribution in [3.05, 3.63) is 83.4 Å². The van der Waals surface area contributed by atoms with Crippen LogP contribution in [0, 0.1) is 6.92 Å². The van der Waals surface area contributed by atoms with Gasteiger partial charge in [-0.05, 0) is 38.0 Å². The highest BCUT2D eigenvalue weighted by Crippen LogP contribution is 2.21. The Bertz CT molecular complexity index is 985. The summed E-state index contributed by atoms with van der Waals surface area (Å²) in [5, 5.41) is 6.77. The van der Waals surface area contributed by atoms with Gasteiger partial charge in [-0.15, -0.1) is 24.0 Å². The molecule has 0 amide bonds. The highest BCUT2D eigenvalue weighted by atomic mass is 127. The van der Waals surface area contributed by atoms with E-state index >= 15 is 0 Å². The fourth-order valence-electron chi connectivity index (χ4n) is 3.36. The fraction of sp³-hybridized carbons (Fsp3) is 0.360. The normalized spacial score (nSPS) is 11.2. The van der Waals surface area contributed by atoms with Gasteiger partial charge in [0.2, 0.25) is 0 Å². The maximum Gasteiger partial charge on any atom is 0.191 e. The minimum absolute atomic E-state index is 0. The van der Waals surface area contributed by atoms with E-state index in [4.69, 9.17) is 4.74 Å². The Morgan fingerprint density at radius 3 is 2.62 bits per heavy atom. The summed E-state index contributed by atoms with van der Waals surface area (Å²) in [6.45, 7) is 8.38. The summed E-state index contributed by atoms with van der Waals surface area (Å²) in [6, 6.07) is 16.7. The lowest BCUT2D eigenvalue weighted by Gasteiger charge is -2.17. The van der Waals surface area contributed by atoms with E-state index in [0.717, 1.165) is 42.6 Å². The zero-order chi connectivity index (χ0) is 22.1. The SMILES string of the molecule is CN=C(NCCc1nccn1Cc1ccccc1)NCc1ccc(C)cc1OC(C)C.I. The van der Waals surface area contributed by atoms with Crippen molar-refractivity contribution in [3.8, 4) is 5.75 Å². The number of imidazole rings is 1. The van der Waals surface area contributed by atoms with Crippen molar-refractivity contribution in [3.63, 3.8) is 0 Å². The molecule has 7 heteroatoms. The minimum atomic E-state index is 0. The van der Waals surface area contributed by atoms with Gasteiger partial charge in [0, 0.05) is 51.1 Å². The third-order valence-corrected chi connectivity index (χ3v) is 4.89. The van der Waals surface area contributed by atoms with Crippen LogP contribution in [0.5, 0.6) is 5.75 Å². The number of guanidine groups is 1. The van der Waals surface area contributed by atoms with E-state index in [1.54, 1.807) is 7.05 Å². The smallest absolute Gasteiger partial charge is 0.191 e. The van der Waals surface area contributed by atoms with Gasteiger partial charge >= 0.3 is 0 Å². The van der Waals surface area contributed by atoms with Crippen LogP contribution < -0.4 is 15.4 Å². The maximum absolute atomic E-state index is 5.97. The molecule has 3 aromatic rings. The van der Waals surface area contributed by atoms with E-state index < -0.39 is 0 Å². The van der Waals surface area contributed by atoms with Gasteiger partial charge in [0.15, 0.2) is 5.96 Å². The predicted molar refractivity (Wildman–Crippen MR) is 142 cm³/mol. The zero-order valence-corrected chi connectivity index (χ0v) is 21.7. The Labute approximate surface area is 208 Å².